The lowest BCUT2D eigenvalue weighted by Gasteiger charge is -2.10. The van der Waals surface area contributed by atoms with E-state index in [1.807, 2.05) is 19.9 Å². The van der Waals surface area contributed by atoms with Gasteiger partial charge in [0.2, 0.25) is 0 Å². The average Bonchev–Trinajstić information content (AvgIpc) is 2.08. The van der Waals surface area contributed by atoms with Crippen molar-refractivity contribution in [3.8, 4) is 0 Å². The Labute approximate surface area is 73.0 Å². The van der Waals surface area contributed by atoms with E-state index < -0.39 is 6.43 Å². The van der Waals surface area contributed by atoms with Crippen molar-refractivity contribution in [3.05, 3.63) is 23.3 Å². The van der Waals surface area contributed by atoms with Gasteiger partial charge >= 0.3 is 0 Å². The number of halogens is 2. The first-order chi connectivity index (χ1) is 5.72. The molecule has 0 aromatic heterocycles. The van der Waals surface area contributed by atoms with Gasteiger partial charge in [-0.15, -0.1) is 0 Å². The molecule has 1 rings (SSSR count). The lowest BCUT2D eigenvalue weighted by molar-refractivity contribution is 0.191. The first-order valence-electron chi connectivity index (χ1n) is 4.37. The van der Waals surface area contributed by atoms with Crippen LogP contribution in [0.5, 0.6) is 0 Å². The average molecular weight is 174 g/mol. The van der Waals surface area contributed by atoms with Gasteiger partial charge in [0.25, 0.3) is 6.43 Å². The molecule has 0 heterocycles. The van der Waals surface area contributed by atoms with Crippen LogP contribution in [-0.2, 0) is 0 Å². The van der Waals surface area contributed by atoms with Crippen LogP contribution in [0.3, 0.4) is 0 Å². The van der Waals surface area contributed by atoms with E-state index in [4.69, 9.17) is 0 Å². The zero-order chi connectivity index (χ0) is 9.56. The van der Waals surface area contributed by atoms with Crippen molar-refractivity contribution in [1.82, 2.24) is 0 Å². The summed E-state index contributed by atoms with van der Waals surface area (Å²) in [4.78, 5) is 0. The van der Waals surface area contributed by atoms with E-state index in [2.05, 4.69) is 0 Å². The summed E-state index contributed by atoms with van der Waals surface area (Å²) >= 11 is 0. The molecular formula is C10H16F2. The Morgan fingerprint density at radius 3 is 2.00 bits per heavy atom. The predicted molar refractivity (Wildman–Crippen MR) is 48.4 cm³/mol. The second-order valence-electron chi connectivity index (χ2n) is 2.42. The van der Waals surface area contributed by atoms with Crippen molar-refractivity contribution in [1.29, 1.82) is 0 Å². The van der Waals surface area contributed by atoms with Crippen LogP contribution < -0.4 is 0 Å². The van der Waals surface area contributed by atoms with Crippen LogP contribution in [0, 0.1) is 0 Å². The van der Waals surface area contributed by atoms with E-state index in [-0.39, 0.29) is 5.57 Å². The van der Waals surface area contributed by atoms with Gasteiger partial charge in [0.15, 0.2) is 0 Å². The number of hydrogen-bond acceptors (Lipinski definition) is 0. The Kier molecular flexibility index (Phi) is 5.60. The zero-order valence-electron chi connectivity index (χ0n) is 7.90. The molecule has 0 fully saturated rings. The standard InChI is InChI=1S/C8H10F2.C2H6/c1-6-4-2-3-5-7(6)8(9)10;1-2/h4-5,8H,2-3H2,1H3;1-2H3. The minimum absolute atomic E-state index is 0.214. The van der Waals surface area contributed by atoms with Crippen LogP contribution in [0.25, 0.3) is 0 Å². The van der Waals surface area contributed by atoms with Crippen LogP contribution in [0.2, 0.25) is 0 Å². The maximum absolute atomic E-state index is 12.1. The third-order valence-corrected chi connectivity index (χ3v) is 1.67. The Hall–Kier alpha value is -0.660. The number of hydrogen-bond donors (Lipinski definition) is 0. The lowest BCUT2D eigenvalue weighted by Crippen LogP contribution is -2.01. The molecule has 12 heavy (non-hydrogen) atoms. The van der Waals surface area contributed by atoms with Gasteiger partial charge in [-0.3, -0.25) is 0 Å². The molecule has 0 saturated carbocycles. The van der Waals surface area contributed by atoms with Gasteiger partial charge in [-0.1, -0.05) is 26.0 Å². The van der Waals surface area contributed by atoms with Crippen LogP contribution in [0.4, 0.5) is 8.78 Å². The zero-order valence-corrected chi connectivity index (χ0v) is 7.90. The molecule has 0 amide bonds. The fourth-order valence-corrected chi connectivity index (χ4v) is 1.08. The van der Waals surface area contributed by atoms with Gasteiger partial charge in [-0.25, -0.2) is 8.78 Å². The minimum atomic E-state index is -2.29. The van der Waals surface area contributed by atoms with Crippen molar-refractivity contribution in [3.63, 3.8) is 0 Å². The summed E-state index contributed by atoms with van der Waals surface area (Å²) in [7, 11) is 0. The highest BCUT2D eigenvalue weighted by molar-refractivity contribution is 5.33. The number of rotatable bonds is 1. The molecule has 0 aliphatic heterocycles. The summed E-state index contributed by atoms with van der Waals surface area (Å²) in [6.45, 7) is 5.73. The molecule has 0 aromatic rings. The van der Waals surface area contributed by atoms with Gasteiger partial charge in [0.05, 0.1) is 0 Å². The van der Waals surface area contributed by atoms with Gasteiger partial charge < -0.3 is 0 Å². The van der Waals surface area contributed by atoms with Crippen LogP contribution in [0.15, 0.2) is 23.3 Å². The van der Waals surface area contributed by atoms with Crippen molar-refractivity contribution >= 4 is 0 Å². The van der Waals surface area contributed by atoms with Crippen LogP contribution >= 0.6 is 0 Å². The molecule has 2 heteroatoms. The van der Waals surface area contributed by atoms with E-state index in [0.29, 0.717) is 0 Å². The molecule has 0 N–H and O–H groups in total. The second-order valence-corrected chi connectivity index (χ2v) is 2.42. The van der Waals surface area contributed by atoms with Gasteiger partial charge in [0, 0.05) is 5.57 Å². The lowest BCUT2D eigenvalue weighted by atomic mass is 10.00. The highest BCUT2D eigenvalue weighted by atomic mass is 19.3. The van der Waals surface area contributed by atoms with Crippen LogP contribution in [-0.4, -0.2) is 6.43 Å². The Morgan fingerprint density at radius 2 is 1.67 bits per heavy atom. The highest BCUT2D eigenvalue weighted by Gasteiger charge is 2.13. The molecule has 0 bridgehead atoms. The first kappa shape index (κ1) is 11.3. The third kappa shape index (κ3) is 3.16. The van der Waals surface area contributed by atoms with E-state index in [1.165, 1.54) is 0 Å². The summed E-state index contributed by atoms with van der Waals surface area (Å²) < 4.78 is 24.1. The molecule has 1 aliphatic carbocycles. The topological polar surface area (TPSA) is 0 Å². The summed E-state index contributed by atoms with van der Waals surface area (Å²) in [5.74, 6) is 0. The molecule has 0 saturated heterocycles. The third-order valence-electron chi connectivity index (χ3n) is 1.67. The minimum Gasteiger partial charge on any atom is -0.205 e. The Balaban J connectivity index is 0.000000561. The van der Waals surface area contributed by atoms with E-state index >= 15 is 0 Å². The molecule has 1 aliphatic rings. The molecule has 0 radical (unpaired) electrons. The molecule has 0 unspecified atom stereocenters. The summed E-state index contributed by atoms with van der Waals surface area (Å²) in [5.41, 5.74) is 0.951. The predicted octanol–water partition coefficient (Wildman–Crippen LogP) is 3.94. The normalized spacial score (nSPS) is 16.2. The molecule has 0 spiro atoms. The highest BCUT2D eigenvalue weighted by Crippen LogP contribution is 2.23. The Morgan fingerprint density at radius 1 is 1.17 bits per heavy atom. The van der Waals surface area contributed by atoms with Crippen molar-refractivity contribution in [2.24, 2.45) is 0 Å². The number of alkyl halides is 2. The monoisotopic (exact) mass is 174 g/mol. The second kappa shape index (κ2) is 5.92. The Bertz CT molecular complexity index is 178. The SMILES string of the molecule is CC.CC1=CCCC=C1C(F)F. The van der Waals surface area contributed by atoms with E-state index in [1.54, 1.807) is 13.0 Å². The molecule has 0 aromatic carbocycles. The van der Waals surface area contributed by atoms with Crippen molar-refractivity contribution in [2.75, 3.05) is 0 Å². The molecule has 0 nitrogen and oxygen atoms in total. The fourth-order valence-electron chi connectivity index (χ4n) is 1.08. The maximum Gasteiger partial charge on any atom is 0.263 e. The maximum atomic E-state index is 12.1. The summed E-state index contributed by atoms with van der Waals surface area (Å²) in [6, 6.07) is 0. The quantitative estimate of drug-likeness (QED) is 0.564. The molecule has 70 valence electrons. The van der Waals surface area contributed by atoms with E-state index in [9.17, 15) is 8.78 Å². The van der Waals surface area contributed by atoms with Crippen molar-refractivity contribution < 1.29 is 8.78 Å². The van der Waals surface area contributed by atoms with Crippen LogP contribution in [0.1, 0.15) is 33.6 Å². The summed E-state index contributed by atoms with van der Waals surface area (Å²) in [6.07, 6.45) is 2.86. The van der Waals surface area contributed by atoms with E-state index in [0.717, 1.165) is 18.4 Å². The first-order valence-corrected chi connectivity index (χ1v) is 4.37. The van der Waals surface area contributed by atoms with Crippen molar-refractivity contribution in [2.45, 2.75) is 40.0 Å². The van der Waals surface area contributed by atoms with Gasteiger partial charge in [-0.05, 0) is 25.3 Å². The fraction of sp³-hybridized carbons (Fsp3) is 0.600. The summed E-state index contributed by atoms with van der Waals surface area (Å²) in [5, 5.41) is 0. The molecule has 0 atom stereocenters. The van der Waals surface area contributed by atoms with Gasteiger partial charge in [-0.2, -0.15) is 0 Å². The largest absolute Gasteiger partial charge is 0.263 e. The number of allylic oxidation sites excluding steroid dienone is 4. The molecular weight excluding hydrogens is 158 g/mol. The van der Waals surface area contributed by atoms with Gasteiger partial charge in [0.1, 0.15) is 0 Å². The smallest absolute Gasteiger partial charge is 0.205 e.